The Labute approximate surface area is 145 Å². The van der Waals surface area contributed by atoms with Gasteiger partial charge in [-0.25, -0.2) is 8.42 Å². The number of fused-ring (bicyclic) bond motifs is 1. The molecule has 1 fully saturated rings. The van der Waals surface area contributed by atoms with Crippen molar-refractivity contribution in [3.63, 3.8) is 0 Å². The molecule has 11 heteroatoms. The number of sulfonamides is 1. The van der Waals surface area contributed by atoms with Gasteiger partial charge < -0.3 is 14.8 Å². The van der Waals surface area contributed by atoms with E-state index in [0.29, 0.717) is 19.5 Å². The molecule has 24 heavy (non-hydrogen) atoms. The van der Waals surface area contributed by atoms with Crippen LogP contribution in [0.3, 0.4) is 0 Å². The largest absolute Gasteiger partial charge is 0.486 e. The van der Waals surface area contributed by atoms with E-state index >= 15 is 0 Å². The molecule has 1 aromatic carbocycles. The maximum atomic E-state index is 12.8. The highest BCUT2D eigenvalue weighted by molar-refractivity contribution is 7.89. The molecule has 1 N–H and O–H groups in total. The monoisotopic (exact) mass is 379 g/mol. The second-order valence-electron chi connectivity index (χ2n) is 5.23. The smallest absolute Gasteiger partial charge is 0.293 e. The summed E-state index contributed by atoms with van der Waals surface area (Å²) in [6, 6.07) is 2.32. The van der Waals surface area contributed by atoms with Crippen LogP contribution in [0.4, 0.5) is 5.69 Å². The summed E-state index contributed by atoms with van der Waals surface area (Å²) in [4.78, 5) is 10.3. The molecule has 0 saturated carbocycles. The number of ether oxygens (including phenoxy) is 2. The van der Waals surface area contributed by atoms with Gasteiger partial charge in [-0.2, -0.15) is 4.31 Å². The fourth-order valence-electron chi connectivity index (χ4n) is 2.61. The van der Waals surface area contributed by atoms with Crippen molar-refractivity contribution in [3.8, 4) is 11.5 Å². The molecule has 3 rings (SSSR count). The van der Waals surface area contributed by atoms with E-state index in [9.17, 15) is 18.5 Å². The Hall–Kier alpha value is -1.62. The Morgan fingerprint density at radius 2 is 1.79 bits per heavy atom. The highest BCUT2D eigenvalue weighted by atomic mass is 35.5. The molecule has 0 aromatic heterocycles. The number of nitrogens with zero attached hydrogens (tertiary/aromatic N) is 2. The summed E-state index contributed by atoms with van der Waals surface area (Å²) >= 11 is 0. The zero-order chi connectivity index (χ0) is 16.4. The average Bonchev–Trinajstić information content (AvgIpc) is 2.83. The highest BCUT2D eigenvalue weighted by Crippen LogP contribution is 2.39. The van der Waals surface area contributed by atoms with Crippen molar-refractivity contribution in [2.45, 2.75) is 11.3 Å². The first kappa shape index (κ1) is 18.7. The van der Waals surface area contributed by atoms with E-state index in [2.05, 4.69) is 5.32 Å². The van der Waals surface area contributed by atoms with Crippen molar-refractivity contribution in [3.05, 3.63) is 22.2 Å². The average molecular weight is 380 g/mol. The van der Waals surface area contributed by atoms with Crippen molar-refractivity contribution >= 4 is 28.1 Å². The Bertz CT molecular complexity index is 719. The molecule has 2 aliphatic heterocycles. The number of halogens is 1. The number of rotatable bonds is 3. The van der Waals surface area contributed by atoms with E-state index < -0.39 is 20.6 Å². The molecule has 0 unspecified atom stereocenters. The standard InChI is InChI=1S/C13H17N3O6S.ClH/c17-16(18)10-8-11-12(22-7-6-21-11)9-13(10)23(19,20)15-4-1-2-14-3-5-15;/h8-9,14H,1-7H2;1H. The van der Waals surface area contributed by atoms with Gasteiger partial charge in [-0.05, 0) is 13.0 Å². The summed E-state index contributed by atoms with van der Waals surface area (Å²) in [5, 5.41) is 14.4. The van der Waals surface area contributed by atoms with Gasteiger partial charge in [0.05, 0.1) is 11.0 Å². The van der Waals surface area contributed by atoms with Crippen LogP contribution in [0.5, 0.6) is 11.5 Å². The predicted molar refractivity (Wildman–Crippen MR) is 87.6 cm³/mol. The summed E-state index contributed by atoms with van der Waals surface area (Å²) in [5.74, 6) is 0.410. The van der Waals surface area contributed by atoms with Crippen molar-refractivity contribution < 1.29 is 22.8 Å². The van der Waals surface area contributed by atoms with Crippen LogP contribution < -0.4 is 14.8 Å². The molecule has 134 valence electrons. The fraction of sp³-hybridized carbons (Fsp3) is 0.538. The maximum absolute atomic E-state index is 12.8. The van der Waals surface area contributed by atoms with Gasteiger partial charge in [-0.15, -0.1) is 12.4 Å². The number of benzene rings is 1. The van der Waals surface area contributed by atoms with Gasteiger partial charge in [-0.1, -0.05) is 0 Å². The Morgan fingerprint density at radius 1 is 1.12 bits per heavy atom. The normalized spacial score (nSPS) is 18.3. The number of hydrogen-bond acceptors (Lipinski definition) is 7. The molecular weight excluding hydrogens is 362 g/mol. The van der Waals surface area contributed by atoms with Crippen LogP contribution in [0.25, 0.3) is 0 Å². The summed E-state index contributed by atoms with van der Waals surface area (Å²) in [5.41, 5.74) is -0.494. The molecule has 0 radical (unpaired) electrons. The predicted octanol–water partition coefficient (Wildman–Crippen LogP) is 0.772. The van der Waals surface area contributed by atoms with Gasteiger partial charge >= 0.3 is 0 Å². The van der Waals surface area contributed by atoms with E-state index in [1.807, 2.05) is 0 Å². The lowest BCUT2D eigenvalue weighted by Gasteiger charge is -2.22. The number of hydrogen-bond donors (Lipinski definition) is 1. The van der Waals surface area contributed by atoms with E-state index in [4.69, 9.17) is 9.47 Å². The quantitative estimate of drug-likeness (QED) is 0.610. The van der Waals surface area contributed by atoms with Crippen molar-refractivity contribution in [2.24, 2.45) is 0 Å². The minimum Gasteiger partial charge on any atom is -0.486 e. The number of nitrogens with one attached hydrogen (secondary N) is 1. The SMILES string of the molecule is Cl.O=[N+]([O-])c1cc2c(cc1S(=O)(=O)N1CCCNCC1)OCCO2. The molecule has 2 aliphatic rings. The van der Waals surface area contributed by atoms with Gasteiger partial charge in [0.15, 0.2) is 16.4 Å². The third kappa shape index (κ3) is 3.56. The molecule has 0 bridgehead atoms. The fourth-order valence-corrected chi connectivity index (χ4v) is 4.24. The molecule has 0 amide bonds. The third-order valence-electron chi connectivity index (χ3n) is 3.74. The van der Waals surface area contributed by atoms with Crippen LogP contribution in [-0.4, -0.2) is 57.0 Å². The van der Waals surface area contributed by atoms with Crippen molar-refractivity contribution in [2.75, 3.05) is 39.4 Å². The first-order valence-electron chi connectivity index (χ1n) is 7.29. The Balaban J connectivity index is 0.00000208. The minimum absolute atomic E-state index is 0. The number of nitro groups is 1. The van der Waals surface area contributed by atoms with E-state index in [1.54, 1.807) is 0 Å². The van der Waals surface area contributed by atoms with E-state index in [1.165, 1.54) is 10.4 Å². The number of nitro benzene ring substituents is 1. The first-order chi connectivity index (χ1) is 11.0. The molecule has 0 aliphatic carbocycles. The zero-order valence-electron chi connectivity index (χ0n) is 12.8. The minimum atomic E-state index is -3.98. The highest BCUT2D eigenvalue weighted by Gasteiger charge is 2.34. The molecule has 1 aromatic rings. The Morgan fingerprint density at radius 3 is 2.46 bits per heavy atom. The van der Waals surface area contributed by atoms with E-state index in [-0.39, 0.29) is 48.6 Å². The van der Waals surface area contributed by atoms with Crippen LogP contribution in [0.15, 0.2) is 17.0 Å². The van der Waals surface area contributed by atoms with Crippen molar-refractivity contribution in [1.29, 1.82) is 0 Å². The van der Waals surface area contributed by atoms with Crippen LogP contribution in [0, 0.1) is 10.1 Å². The van der Waals surface area contributed by atoms with Crippen LogP contribution in [0.2, 0.25) is 0 Å². The second kappa shape index (κ2) is 7.51. The summed E-state index contributed by atoms with van der Waals surface area (Å²) in [6.45, 7) is 2.37. The van der Waals surface area contributed by atoms with Gasteiger partial charge in [0.2, 0.25) is 10.0 Å². The van der Waals surface area contributed by atoms with Crippen LogP contribution in [0.1, 0.15) is 6.42 Å². The summed E-state index contributed by atoms with van der Waals surface area (Å²) in [6.07, 6.45) is 0.650. The van der Waals surface area contributed by atoms with Crippen molar-refractivity contribution in [1.82, 2.24) is 9.62 Å². The third-order valence-corrected chi connectivity index (χ3v) is 5.67. The molecule has 0 spiro atoms. The van der Waals surface area contributed by atoms with Crippen LogP contribution >= 0.6 is 12.4 Å². The molecular formula is C13H18ClN3O6S. The first-order valence-corrected chi connectivity index (χ1v) is 8.73. The molecule has 1 saturated heterocycles. The summed E-state index contributed by atoms with van der Waals surface area (Å²) in [7, 11) is -3.98. The maximum Gasteiger partial charge on any atom is 0.293 e. The lowest BCUT2D eigenvalue weighted by Crippen LogP contribution is -2.34. The topological polar surface area (TPSA) is 111 Å². The molecule has 9 nitrogen and oxygen atoms in total. The van der Waals surface area contributed by atoms with Gasteiger partial charge in [0, 0.05) is 25.7 Å². The van der Waals surface area contributed by atoms with Gasteiger partial charge in [-0.3, -0.25) is 10.1 Å². The Kier molecular flexibility index (Phi) is 5.86. The van der Waals surface area contributed by atoms with Gasteiger partial charge in [0.1, 0.15) is 13.2 Å². The van der Waals surface area contributed by atoms with Crippen LogP contribution in [-0.2, 0) is 10.0 Å². The lowest BCUT2D eigenvalue weighted by atomic mass is 10.2. The zero-order valence-corrected chi connectivity index (χ0v) is 14.4. The van der Waals surface area contributed by atoms with E-state index in [0.717, 1.165) is 12.6 Å². The molecule has 0 atom stereocenters. The van der Waals surface area contributed by atoms with Gasteiger partial charge in [0.25, 0.3) is 5.69 Å². The lowest BCUT2D eigenvalue weighted by molar-refractivity contribution is -0.388. The molecule has 2 heterocycles. The second-order valence-corrected chi connectivity index (χ2v) is 7.13. The summed E-state index contributed by atoms with van der Waals surface area (Å²) < 4.78 is 37.6.